The maximum absolute atomic E-state index is 13.7. The van der Waals surface area contributed by atoms with E-state index in [1.165, 1.54) is 12.1 Å². The zero-order valence-corrected chi connectivity index (χ0v) is 17.0. The molecule has 2 unspecified atom stereocenters. The number of ether oxygens (including phenoxy) is 1. The number of piperidine rings is 1. The maximum atomic E-state index is 13.7. The molecule has 0 N–H and O–H groups in total. The summed E-state index contributed by atoms with van der Waals surface area (Å²) in [6.07, 6.45) is 1.77. The minimum absolute atomic E-state index is 0.0532. The van der Waals surface area contributed by atoms with Crippen molar-refractivity contribution < 1.29 is 18.7 Å². The highest BCUT2D eigenvalue weighted by molar-refractivity contribution is 5.93. The number of carbonyl (C=O) groups is 2. The van der Waals surface area contributed by atoms with E-state index in [0.717, 1.165) is 12.8 Å². The largest absolute Gasteiger partial charge is 0.444 e. The molecule has 5 nitrogen and oxygen atoms in total. The van der Waals surface area contributed by atoms with E-state index in [9.17, 15) is 14.0 Å². The first-order valence-electron chi connectivity index (χ1n) is 9.68. The summed E-state index contributed by atoms with van der Waals surface area (Å²) in [5, 5.41) is 0. The normalized spacial score (nSPS) is 18.7. The van der Waals surface area contributed by atoms with E-state index in [0.29, 0.717) is 25.2 Å². The second-order valence-corrected chi connectivity index (χ2v) is 8.17. The first-order chi connectivity index (χ1) is 12.6. The van der Waals surface area contributed by atoms with Crippen LogP contribution in [0.1, 0.15) is 53.9 Å². The molecule has 2 amide bonds. The summed E-state index contributed by atoms with van der Waals surface area (Å²) in [5.74, 6) is -0.319. The van der Waals surface area contributed by atoms with Crippen molar-refractivity contribution in [2.45, 2.75) is 65.5 Å². The Morgan fingerprint density at radius 2 is 2.07 bits per heavy atom. The number of amides is 2. The van der Waals surface area contributed by atoms with Crippen molar-refractivity contribution in [1.82, 2.24) is 4.90 Å². The highest BCUT2D eigenvalue weighted by Gasteiger charge is 2.34. The van der Waals surface area contributed by atoms with Gasteiger partial charge in [0, 0.05) is 31.2 Å². The molecule has 1 aliphatic heterocycles. The minimum atomic E-state index is -0.540. The molecule has 150 valence electrons. The molecular formula is C21H31FN2O3. The minimum Gasteiger partial charge on any atom is -0.444 e. The topological polar surface area (TPSA) is 49.9 Å². The van der Waals surface area contributed by atoms with Gasteiger partial charge in [0.25, 0.3) is 0 Å². The van der Waals surface area contributed by atoms with Gasteiger partial charge in [-0.2, -0.15) is 0 Å². The van der Waals surface area contributed by atoms with Crippen LogP contribution in [0, 0.1) is 11.7 Å². The molecule has 1 saturated heterocycles. The van der Waals surface area contributed by atoms with Crippen LogP contribution in [0.2, 0.25) is 0 Å². The number of halogens is 1. The van der Waals surface area contributed by atoms with Gasteiger partial charge in [-0.1, -0.05) is 13.0 Å². The SMILES string of the molecule is CCC(=O)N(c1cccc(F)c1)C(C)C1CCCN(C(=O)OC(C)(C)C)C1. The van der Waals surface area contributed by atoms with E-state index in [4.69, 9.17) is 4.74 Å². The van der Waals surface area contributed by atoms with Gasteiger partial charge in [0.2, 0.25) is 5.91 Å². The lowest BCUT2D eigenvalue weighted by atomic mass is 9.90. The molecule has 0 aliphatic carbocycles. The first kappa shape index (κ1) is 21.2. The van der Waals surface area contributed by atoms with Crippen molar-refractivity contribution in [3.63, 3.8) is 0 Å². The van der Waals surface area contributed by atoms with Crippen LogP contribution in [0.5, 0.6) is 0 Å². The number of anilines is 1. The molecular weight excluding hydrogens is 347 g/mol. The molecule has 27 heavy (non-hydrogen) atoms. The fraction of sp³-hybridized carbons (Fsp3) is 0.619. The average molecular weight is 378 g/mol. The van der Waals surface area contributed by atoms with Crippen LogP contribution in [0.4, 0.5) is 14.9 Å². The number of rotatable bonds is 4. The van der Waals surface area contributed by atoms with Gasteiger partial charge in [0.15, 0.2) is 0 Å². The Morgan fingerprint density at radius 1 is 1.37 bits per heavy atom. The van der Waals surface area contributed by atoms with Crippen molar-refractivity contribution in [2.75, 3.05) is 18.0 Å². The Labute approximate surface area is 161 Å². The third kappa shape index (κ3) is 5.68. The predicted octanol–water partition coefficient (Wildman–Crippen LogP) is 4.60. The van der Waals surface area contributed by atoms with Crippen molar-refractivity contribution in [3.8, 4) is 0 Å². The summed E-state index contributed by atoms with van der Waals surface area (Å²) < 4.78 is 19.2. The Bertz CT molecular complexity index is 672. The van der Waals surface area contributed by atoms with E-state index in [2.05, 4.69) is 0 Å². The van der Waals surface area contributed by atoms with Gasteiger partial charge in [-0.25, -0.2) is 9.18 Å². The standard InChI is InChI=1S/C21H31FN2O3/c1-6-19(25)24(18-11-7-10-17(22)13-18)15(2)16-9-8-12-23(14-16)20(26)27-21(3,4)5/h7,10-11,13,15-16H,6,8-9,12,14H2,1-5H3. The third-order valence-corrected chi connectivity index (χ3v) is 4.86. The quantitative estimate of drug-likeness (QED) is 0.769. The Hall–Kier alpha value is -2.11. The first-order valence-corrected chi connectivity index (χ1v) is 9.68. The van der Waals surface area contributed by atoms with Crippen molar-refractivity contribution in [3.05, 3.63) is 30.1 Å². The van der Waals surface area contributed by atoms with E-state index >= 15 is 0 Å². The predicted molar refractivity (Wildman–Crippen MR) is 104 cm³/mol. The van der Waals surface area contributed by atoms with Gasteiger partial charge in [0.1, 0.15) is 11.4 Å². The van der Waals surface area contributed by atoms with E-state index in [1.807, 2.05) is 27.7 Å². The molecule has 0 radical (unpaired) electrons. The van der Waals surface area contributed by atoms with E-state index < -0.39 is 5.60 Å². The molecule has 1 heterocycles. The molecule has 0 spiro atoms. The summed E-state index contributed by atoms with van der Waals surface area (Å²) in [7, 11) is 0. The second-order valence-electron chi connectivity index (χ2n) is 8.17. The number of hydrogen-bond acceptors (Lipinski definition) is 3. The van der Waals surface area contributed by atoms with Gasteiger partial charge in [-0.3, -0.25) is 4.79 Å². The Kier molecular flexibility index (Phi) is 6.84. The smallest absolute Gasteiger partial charge is 0.410 e. The van der Waals surface area contributed by atoms with E-state index in [1.54, 1.807) is 28.9 Å². The van der Waals surface area contributed by atoms with Crippen LogP contribution in [-0.2, 0) is 9.53 Å². The molecule has 1 aromatic carbocycles. The maximum Gasteiger partial charge on any atom is 0.410 e. The lowest BCUT2D eigenvalue weighted by Crippen LogP contribution is -2.50. The molecule has 2 atom stereocenters. The van der Waals surface area contributed by atoms with Crippen LogP contribution < -0.4 is 4.90 Å². The summed E-state index contributed by atoms with van der Waals surface area (Å²) in [6, 6.07) is 5.97. The number of nitrogens with zero attached hydrogens (tertiary/aromatic N) is 2. The fourth-order valence-electron chi connectivity index (χ4n) is 3.51. The van der Waals surface area contributed by atoms with Crippen molar-refractivity contribution >= 4 is 17.7 Å². The number of benzene rings is 1. The second kappa shape index (κ2) is 8.72. The third-order valence-electron chi connectivity index (χ3n) is 4.86. The van der Waals surface area contributed by atoms with Crippen molar-refractivity contribution in [1.29, 1.82) is 0 Å². The summed E-state index contributed by atoms with van der Waals surface area (Å²) in [4.78, 5) is 28.4. The summed E-state index contributed by atoms with van der Waals surface area (Å²) in [5.41, 5.74) is 0.0188. The molecule has 0 bridgehead atoms. The molecule has 0 saturated carbocycles. The Balaban J connectivity index is 2.18. The number of hydrogen-bond donors (Lipinski definition) is 0. The van der Waals surface area contributed by atoms with Crippen LogP contribution >= 0.6 is 0 Å². The zero-order chi connectivity index (χ0) is 20.2. The fourth-order valence-corrected chi connectivity index (χ4v) is 3.51. The highest BCUT2D eigenvalue weighted by Crippen LogP contribution is 2.29. The number of likely N-dealkylation sites (tertiary alicyclic amines) is 1. The molecule has 1 aromatic rings. The Morgan fingerprint density at radius 3 is 2.67 bits per heavy atom. The molecule has 0 aromatic heterocycles. The lowest BCUT2D eigenvalue weighted by molar-refractivity contribution is -0.119. The monoisotopic (exact) mass is 378 g/mol. The van der Waals surface area contributed by atoms with Gasteiger partial charge < -0.3 is 14.5 Å². The van der Waals surface area contributed by atoms with Gasteiger partial charge >= 0.3 is 6.09 Å². The van der Waals surface area contributed by atoms with E-state index in [-0.39, 0.29) is 29.8 Å². The lowest BCUT2D eigenvalue weighted by Gasteiger charge is -2.40. The molecule has 1 fully saturated rings. The van der Waals surface area contributed by atoms with Crippen LogP contribution in [0.25, 0.3) is 0 Å². The average Bonchev–Trinajstić information content (AvgIpc) is 2.60. The zero-order valence-electron chi connectivity index (χ0n) is 17.0. The molecule has 1 aliphatic rings. The molecule has 6 heteroatoms. The summed E-state index contributed by atoms with van der Waals surface area (Å²) >= 11 is 0. The van der Waals surface area contributed by atoms with Crippen molar-refractivity contribution in [2.24, 2.45) is 5.92 Å². The summed E-state index contributed by atoms with van der Waals surface area (Å²) in [6.45, 7) is 10.5. The van der Waals surface area contributed by atoms with Gasteiger partial charge in [-0.05, 0) is 64.7 Å². The number of carbonyl (C=O) groups excluding carboxylic acids is 2. The van der Waals surface area contributed by atoms with Crippen LogP contribution in [-0.4, -0.2) is 41.6 Å². The molecule has 2 rings (SSSR count). The van der Waals surface area contributed by atoms with Gasteiger partial charge in [-0.15, -0.1) is 0 Å². The highest BCUT2D eigenvalue weighted by atomic mass is 19.1. The van der Waals surface area contributed by atoms with Crippen LogP contribution in [0.3, 0.4) is 0 Å². The van der Waals surface area contributed by atoms with Crippen LogP contribution in [0.15, 0.2) is 24.3 Å². The van der Waals surface area contributed by atoms with Gasteiger partial charge in [0.05, 0.1) is 0 Å².